The van der Waals surface area contributed by atoms with Gasteiger partial charge in [0.1, 0.15) is 5.82 Å². The van der Waals surface area contributed by atoms with Crippen molar-refractivity contribution in [3.05, 3.63) is 52.1 Å². The number of Topliss-reactive ketones (excluding diaryl/α,β-unsaturated/α-hetero) is 1. The molecule has 1 saturated heterocycles. The number of morpholine rings is 1. The van der Waals surface area contributed by atoms with Crippen molar-refractivity contribution >= 4 is 17.4 Å². The highest BCUT2D eigenvalue weighted by Crippen LogP contribution is 2.25. The Labute approximate surface area is 158 Å². The first-order valence-corrected chi connectivity index (χ1v) is 9.19. The highest BCUT2D eigenvalue weighted by atomic mass is 35.5. The molecule has 1 aliphatic rings. The molecule has 2 heterocycles. The lowest BCUT2D eigenvalue weighted by atomic mass is 10.1. The minimum absolute atomic E-state index is 0.0687. The predicted molar refractivity (Wildman–Crippen MR) is 101 cm³/mol. The first kappa shape index (κ1) is 19.1. The van der Waals surface area contributed by atoms with Gasteiger partial charge in [0.25, 0.3) is 0 Å². The van der Waals surface area contributed by atoms with E-state index in [9.17, 15) is 9.18 Å². The molecule has 3 rings (SSSR count). The zero-order valence-electron chi connectivity index (χ0n) is 15.6. The number of halogens is 2. The van der Waals surface area contributed by atoms with Crippen LogP contribution < -0.4 is 0 Å². The number of carbonyl (C=O) groups excluding carboxylic acids is 1. The maximum Gasteiger partial charge on any atom is 0.178 e. The van der Waals surface area contributed by atoms with Gasteiger partial charge in [-0.25, -0.2) is 4.39 Å². The monoisotopic (exact) mass is 378 g/mol. The van der Waals surface area contributed by atoms with Crippen LogP contribution in [0.15, 0.2) is 24.3 Å². The molecule has 1 aromatic carbocycles. The summed E-state index contributed by atoms with van der Waals surface area (Å²) in [5.74, 6) is -0.372. The summed E-state index contributed by atoms with van der Waals surface area (Å²) < 4.78 is 21.1. The van der Waals surface area contributed by atoms with E-state index in [1.165, 1.54) is 6.07 Å². The number of hydrogen-bond acceptors (Lipinski definition) is 3. The van der Waals surface area contributed by atoms with Gasteiger partial charge >= 0.3 is 0 Å². The average molecular weight is 379 g/mol. The van der Waals surface area contributed by atoms with Crippen molar-refractivity contribution in [3.8, 4) is 5.69 Å². The minimum Gasteiger partial charge on any atom is -0.373 e. The molecule has 0 unspecified atom stereocenters. The third kappa shape index (κ3) is 3.85. The number of rotatable bonds is 4. The fourth-order valence-corrected chi connectivity index (χ4v) is 3.94. The first-order valence-electron chi connectivity index (χ1n) is 8.81. The third-order valence-corrected chi connectivity index (χ3v) is 5.05. The van der Waals surface area contributed by atoms with Crippen molar-refractivity contribution in [2.24, 2.45) is 0 Å². The Morgan fingerprint density at radius 1 is 1.23 bits per heavy atom. The number of carbonyl (C=O) groups is 1. The second-order valence-corrected chi connectivity index (χ2v) is 7.50. The molecular formula is C20H24ClFN2O2. The Kier molecular flexibility index (Phi) is 5.51. The molecule has 26 heavy (non-hydrogen) atoms. The molecule has 1 aliphatic heterocycles. The number of nitrogens with zero attached hydrogens (tertiary/aromatic N) is 2. The maximum atomic E-state index is 13.5. The highest BCUT2D eigenvalue weighted by Gasteiger charge is 2.25. The van der Waals surface area contributed by atoms with Gasteiger partial charge in [0.15, 0.2) is 5.78 Å². The van der Waals surface area contributed by atoms with Crippen LogP contribution in [0.25, 0.3) is 5.69 Å². The smallest absolute Gasteiger partial charge is 0.178 e. The Bertz CT molecular complexity index is 823. The second kappa shape index (κ2) is 7.51. The van der Waals surface area contributed by atoms with Crippen LogP contribution in [0.3, 0.4) is 0 Å². The lowest BCUT2D eigenvalue weighted by Gasteiger charge is -2.34. The summed E-state index contributed by atoms with van der Waals surface area (Å²) in [6.07, 6.45) is 0.251. The molecule has 0 bridgehead atoms. The molecule has 0 spiro atoms. The fraction of sp³-hybridized carbons (Fsp3) is 0.450. The van der Waals surface area contributed by atoms with Gasteiger partial charge in [-0.15, -0.1) is 0 Å². The Balaban J connectivity index is 1.85. The van der Waals surface area contributed by atoms with Crippen LogP contribution in [0, 0.1) is 19.7 Å². The topological polar surface area (TPSA) is 34.5 Å². The molecule has 1 fully saturated rings. The van der Waals surface area contributed by atoms with E-state index in [1.54, 1.807) is 12.1 Å². The summed E-state index contributed by atoms with van der Waals surface area (Å²) in [5.41, 5.74) is 3.19. The van der Waals surface area contributed by atoms with E-state index in [0.717, 1.165) is 30.2 Å². The highest BCUT2D eigenvalue weighted by molar-refractivity contribution is 6.30. The maximum absolute atomic E-state index is 13.5. The second-order valence-electron chi connectivity index (χ2n) is 7.09. The van der Waals surface area contributed by atoms with E-state index in [0.29, 0.717) is 12.1 Å². The van der Waals surface area contributed by atoms with Crippen LogP contribution in [-0.4, -0.2) is 47.1 Å². The van der Waals surface area contributed by atoms with Crippen molar-refractivity contribution in [2.75, 3.05) is 19.6 Å². The molecule has 2 atom stereocenters. The molecule has 0 N–H and O–H groups in total. The first-order chi connectivity index (χ1) is 12.3. The van der Waals surface area contributed by atoms with Crippen LogP contribution in [0.4, 0.5) is 4.39 Å². The summed E-state index contributed by atoms with van der Waals surface area (Å²) in [6.45, 7) is 9.76. The summed E-state index contributed by atoms with van der Waals surface area (Å²) >= 11 is 5.92. The predicted octanol–water partition coefficient (Wildman–Crippen LogP) is 4.18. The van der Waals surface area contributed by atoms with Gasteiger partial charge in [-0.3, -0.25) is 9.69 Å². The summed E-state index contributed by atoms with van der Waals surface area (Å²) in [4.78, 5) is 15.0. The number of ketones is 1. The Morgan fingerprint density at radius 3 is 2.50 bits per heavy atom. The molecule has 2 aromatic rings. The number of aryl methyl sites for hydroxylation is 1. The molecule has 140 valence electrons. The van der Waals surface area contributed by atoms with E-state index in [-0.39, 0.29) is 23.0 Å². The van der Waals surface area contributed by atoms with Crippen molar-refractivity contribution in [3.63, 3.8) is 0 Å². The molecule has 1 aromatic heterocycles. The van der Waals surface area contributed by atoms with Gasteiger partial charge in [-0.05, 0) is 52.0 Å². The lowest BCUT2D eigenvalue weighted by Crippen LogP contribution is -2.47. The van der Waals surface area contributed by atoms with Crippen LogP contribution in [0.1, 0.15) is 35.6 Å². The van der Waals surface area contributed by atoms with Crippen LogP contribution in [-0.2, 0) is 4.74 Å². The molecule has 0 aliphatic carbocycles. The summed E-state index contributed by atoms with van der Waals surface area (Å²) in [7, 11) is 0. The average Bonchev–Trinajstić information content (AvgIpc) is 2.84. The number of benzene rings is 1. The minimum atomic E-state index is -0.454. The number of aromatic nitrogens is 1. The number of ether oxygens (including phenoxy) is 1. The Hall–Kier alpha value is -1.69. The third-order valence-electron chi connectivity index (χ3n) is 4.76. The normalized spacial score (nSPS) is 21.2. The molecule has 6 heteroatoms. The molecule has 0 saturated carbocycles. The standard InChI is InChI=1S/C20H24ClFN2O2/c1-12-7-17(20(25)11-23-9-13(2)26-14(3)10-23)15(4)24(12)16-5-6-19(22)18(21)8-16/h5-8,13-14H,9-11H2,1-4H3/t13-,14-/m0/s1. The van der Waals surface area contributed by atoms with Crippen molar-refractivity contribution in [1.29, 1.82) is 0 Å². The van der Waals surface area contributed by atoms with Crippen LogP contribution in [0.2, 0.25) is 5.02 Å². The lowest BCUT2D eigenvalue weighted by molar-refractivity contribution is -0.0652. The molecular weight excluding hydrogens is 355 g/mol. The van der Waals surface area contributed by atoms with Gasteiger partial charge in [0.2, 0.25) is 0 Å². The van der Waals surface area contributed by atoms with E-state index in [4.69, 9.17) is 16.3 Å². The van der Waals surface area contributed by atoms with Crippen molar-refractivity contribution in [1.82, 2.24) is 9.47 Å². The number of hydrogen-bond donors (Lipinski definition) is 0. The Morgan fingerprint density at radius 2 is 1.88 bits per heavy atom. The molecule has 4 nitrogen and oxygen atoms in total. The zero-order valence-corrected chi connectivity index (χ0v) is 16.3. The quantitative estimate of drug-likeness (QED) is 0.748. The van der Waals surface area contributed by atoms with Crippen LogP contribution >= 0.6 is 11.6 Å². The van der Waals surface area contributed by atoms with Crippen molar-refractivity contribution < 1.29 is 13.9 Å². The molecule has 0 amide bonds. The van der Waals surface area contributed by atoms with Crippen molar-refractivity contribution in [2.45, 2.75) is 39.9 Å². The van der Waals surface area contributed by atoms with E-state index >= 15 is 0 Å². The largest absolute Gasteiger partial charge is 0.373 e. The SMILES string of the molecule is Cc1cc(C(=O)CN2C[C@H](C)O[C@@H](C)C2)c(C)n1-c1ccc(F)c(Cl)c1. The van der Waals surface area contributed by atoms with Crippen LogP contribution in [0.5, 0.6) is 0 Å². The molecule has 0 radical (unpaired) electrons. The van der Waals surface area contributed by atoms with Gasteiger partial charge in [-0.1, -0.05) is 11.6 Å². The summed E-state index contributed by atoms with van der Waals surface area (Å²) in [5, 5.41) is 0.0687. The van der Waals surface area contributed by atoms with E-state index < -0.39 is 5.82 Å². The van der Waals surface area contributed by atoms with Gasteiger partial charge in [0.05, 0.1) is 23.8 Å². The summed E-state index contributed by atoms with van der Waals surface area (Å²) in [6, 6.07) is 6.48. The van der Waals surface area contributed by atoms with E-state index in [2.05, 4.69) is 4.90 Å². The van der Waals surface area contributed by atoms with Gasteiger partial charge in [0, 0.05) is 35.7 Å². The zero-order chi connectivity index (χ0) is 19.0. The van der Waals surface area contributed by atoms with Gasteiger partial charge in [-0.2, -0.15) is 0 Å². The fourth-order valence-electron chi connectivity index (χ4n) is 3.77. The van der Waals surface area contributed by atoms with Gasteiger partial charge < -0.3 is 9.30 Å². The van der Waals surface area contributed by atoms with E-state index in [1.807, 2.05) is 38.3 Å².